The fourth-order valence-electron chi connectivity index (χ4n) is 3.62. The quantitative estimate of drug-likeness (QED) is 0.511. The summed E-state index contributed by atoms with van der Waals surface area (Å²) in [6, 6.07) is 14.9. The molecule has 8 nitrogen and oxygen atoms in total. The van der Waals surface area contributed by atoms with Gasteiger partial charge in [0.15, 0.2) is 5.16 Å². The summed E-state index contributed by atoms with van der Waals surface area (Å²) >= 11 is 1.30. The van der Waals surface area contributed by atoms with Crippen LogP contribution in [0, 0.1) is 0 Å². The van der Waals surface area contributed by atoms with E-state index in [4.69, 9.17) is 0 Å². The molecular formula is C23H26N6O2S. The van der Waals surface area contributed by atoms with E-state index in [-0.39, 0.29) is 17.6 Å². The molecule has 0 unspecified atom stereocenters. The number of rotatable bonds is 8. The smallest absolute Gasteiger partial charge is 0.255 e. The standard InChI is InChI=1S/C23H26N6O2S/c1-28-16-24-27-23(28)32-15-21(30)25-20-9-5-7-18(13-20)22(31)26-19-8-4-6-17(12-19)14-29-10-2-3-11-29/h4-9,12-13,16H,2-3,10-11,14-15H2,1H3,(H,25,30)(H,26,31). The molecule has 1 aliphatic heterocycles. The molecule has 0 bridgehead atoms. The Balaban J connectivity index is 1.33. The molecule has 3 aromatic rings. The number of nitrogens with one attached hydrogen (secondary N) is 2. The Labute approximate surface area is 191 Å². The van der Waals surface area contributed by atoms with Gasteiger partial charge in [-0.3, -0.25) is 14.5 Å². The maximum atomic E-state index is 12.8. The van der Waals surface area contributed by atoms with Gasteiger partial charge in [0.1, 0.15) is 6.33 Å². The van der Waals surface area contributed by atoms with Gasteiger partial charge in [0.2, 0.25) is 5.91 Å². The van der Waals surface area contributed by atoms with Crippen LogP contribution in [0.4, 0.5) is 11.4 Å². The predicted octanol–water partition coefficient (Wildman–Crippen LogP) is 3.39. The van der Waals surface area contributed by atoms with Crippen LogP contribution in [0.2, 0.25) is 0 Å². The maximum Gasteiger partial charge on any atom is 0.255 e. The van der Waals surface area contributed by atoms with Gasteiger partial charge in [0, 0.05) is 30.5 Å². The van der Waals surface area contributed by atoms with E-state index in [1.165, 1.54) is 30.2 Å². The number of thioether (sulfide) groups is 1. The Hall–Kier alpha value is -3.17. The fraction of sp³-hybridized carbons (Fsp3) is 0.304. The highest BCUT2D eigenvalue weighted by Gasteiger charge is 2.13. The molecule has 1 aliphatic rings. The van der Waals surface area contributed by atoms with Crippen molar-refractivity contribution in [3.05, 3.63) is 66.0 Å². The van der Waals surface area contributed by atoms with E-state index < -0.39 is 0 Å². The molecule has 9 heteroatoms. The number of carbonyl (C=O) groups excluding carboxylic acids is 2. The van der Waals surface area contributed by atoms with Gasteiger partial charge in [0.05, 0.1) is 5.75 Å². The Morgan fingerprint density at radius 1 is 1.03 bits per heavy atom. The Kier molecular flexibility index (Phi) is 7.18. The zero-order valence-electron chi connectivity index (χ0n) is 18.0. The molecule has 0 aliphatic carbocycles. The highest BCUT2D eigenvalue weighted by Crippen LogP contribution is 2.19. The van der Waals surface area contributed by atoms with Crippen molar-refractivity contribution in [1.82, 2.24) is 19.7 Å². The van der Waals surface area contributed by atoms with Crippen molar-refractivity contribution in [1.29, 1.82) is 0 Å². The second kappa shape index (κ2) is 10.4. The molecule has 1 saturated heterocycles. The van der Waals surface area contributed by atoms with Crippen LogP contribution in [0.1, 0.15) is 28.8 Å². The third-order valence-electron chi connectivity index (χ3n) is 5.20. The van der Waals surface area contributed by atoms with E-state index in [1.54, 1.807) is 35.2 Å². The van der Waals surface area contributed by atoms with E-state index in [2.05, 4.69) is 31.8 Å². The highest BCUT2D eigenvalue weighted by atomic mass is 32.2. The minimum Gasteiger partial charge on any atom is -0.325 e. The lowest BCUT2D eigenvalue weighted by molar-refractivity contribution is -0.113. The van der Waals surface area contributed by atoms with E-state index in [0.29, 0.717) is 16.4 Å². The van der Waals surface area contributed by atoms with Crippen molar-refractivity contribution in [3.8, 4) is 0 Å². The van der Waals surface area contributed by atoms with Gasteiger partial charge in [-0.15, -0.1) is 10.2 Å². The summed E-state index contributed by atoms with van der Waals surface area (Å²) in [6.07, 6.45) is 4.09. The zero-order chi connectivity index (χ0) is 22.3. The molecular weight excluding hydrogens is 424 g/mol. The summed E-state index contributed by atoms with van der Waals surface area (Å²) in [5.74, 6) is -0.190. The van der Waals surface area contributed by atoms with Crippen molar-refractivity contribution in [2.24, 2.45) is 7.05 Å². The monoisotopic (exact) mass is 450 g/mol. The lowest BCUT2D eigenvalue weighted by Crippen LogP contribution is -2.18. The first-order valence-electron chi connectivity index (χ1n) is 10.6. The molecule has 166 valence electrons. The molecule has 2 heterocycles. The van der Waals surface area contributed by atoms with Gasteiger partial charge in [-0.1, -0.05) is 30.0 Å². The van der Waals surface area contributed by atoms with Gasteiger partial charge in [-0.05, 0) is 61.8 Å². The molecule has 0 radical (unpaired) electrons. The minimum absolute atomic E-state index is 0.176. The molecule has 2 N–H and O–H groups in total. The summed E-state index contributed by atoms with van der Waals surface area (Å²) in [5.41, 5.74) is 3.00. The molecule has 4 rings (SSSR count). The summed E-state index contributed by atoms with van der Waals surface area (Å²) in [5, 5.41) is 14.2. The number of aryl methyl sites for hydroxylation is 1. The molecule has 2 aromatic carbocycles. The average Bonchev–Trinajstić information content (AvgIpc) is 3.44. The van der Waals surface area contributed by atoms with Crippen LogP contribution in [0.15, 0.2) is 60.0 Å². The normalized spacial score (nSPS) is 13.8. The lowest BCUT2D eigenvalue weighted by atomic mass is 10.1. The minimum atomic E-state index is -0.215. The van der Waals surface area contributed by atoms with Gasteiger partial charge in [-0.25, -0.2) is 0 Å². The molecule has 0 atom stereocenters. The number of likely N-dealkylation sites (tertiary alicyclic amines) is 1. The topological polar surface area (TPSA) is 92.1 Å². The first-order valence-corrected chi connectivity index (χ1v) is 11.5. The van der Waals surface area contributed by atoms with Crippen LogP contribution in [-0.4, -0.2) is 50.3 Å². The zero-order valence-corrected chi connectivity index (χ0v) is 18.8. The van der Waals surface area contributed by atoms with Crippen molar-refractivity contribution in [2.45, 2.75) is 24.5 Å². The van der Waals surface area contributed by atoms with Gasteiger partial charge in [0.25, 0.3) is 5.91 Å². The van der Waals surface area contributed by atoms with Crippen molar-refractivity contribution in [2.75, 3.05) is 29.5 Å². The fourth-order valence-corrected chi connectivity index (χ4v) is 4.31. The first kappa shape index (κ1) is 22.0. The maximum absolute atomic E-state index is 12.8. The summed E-state index contributed by atoms with van der Waals surface area (Å²) < 4.78 is 1.75. The largest absolute Gasteiger partial charge is 0.325 e. The Morgan fingerprint density at radius 3 is 2.53 bits per heavy atom. The van der Waals surface area contributed by atoms with Crippen LogP contribution < -0.4 is 10.6 Å². The van der Waals surface area contributed by atoms with Gasteiger partial charge >= 0.3 is 0 Å². The van der Waals surface area contributed by atoms with Crippen molar-refractivity contribution < 1.29 is 9.59 Å². The third kappa shape index (κ3) is 5.95. The Morgan fingerprint density at radius 2 is 1.78 bits per heavy atom. The lowest BCUT2D eigenvalue weighted by Gasteiger charge is -2.15. The number of hydrogen-bond acceptors (Lipinski definition) is 6. The predicted molar refractivity (Wildman–Crippen MR) is 126 cm³/mol. The number of anilines is 2. The van der Waals surface area contributed by atoms with Gasteiger partial charge < -0.3 is 15.2 Å². The van der Waals surface area contributed by atoms with E-state index >= 15 is 0 Å². The SMILES string of the molecule is Cn1cnnc1SCC(=O)Nc1cccc(C(=O)Nc2cccc(CN3CCCC3)c2)c1. The second-order valence-electron chi connectivity index (χ2n) is 7.78. The van der Waals surface area contributed by atoms with Crippen LogP contribution >= 0.6 is 11.8 Å². The van der Waals surface area contributed by atoms with E-state index in [1.807, 2.05) is 25.2 Å². The number of nitrogens with zero attached hydrogens (tertiary/aromatic N) is 4. The van der Waals surface area contributed by atoms with Crippen molar-refractivity contribution in [3.63, 3.8) is 0 Å². The van der Waals surface area contributed by atoms with Crippen LogP contribution in [-0.2, 0) is 18.4 Å². The highest BCUT2D eigenvalue weighted by molar-refractivity contribution is 7.99. The number of benzene rings is 2. The van der Waals surface area contributed by atoms with Crippen molar-refractivity contribution >= 4 is 35.0 Å². The van der Waals surface area contributed by atoms with E-state index in [9.17, 15) is 9.59 Å². The summed E-state index contributed by atoms with van der Waals surface area (Å²) in [4.78, 5) is 27.5. The van der Waals surface area contributed by atoms with Crippen LogP contribution in [0.5, 0.6) is 0 Å². The number of hydrogen-bond donors (Lipinski definition) is 2. The molecule has 32 heavy (non-hydrogen) atoms. The first-order chi connectivity index (χ1) is 15.6. The van der Waals surface area contributed by atoms with Crippen LogP contribution in [0.3, 0.4) is 0 Å². The molecule has 0 spiro atoms. The summed E-state index contributed by atoms with van der Waals surface area (Å²) in [7, 11) is 1.82. The summed E-state index contributed by atoms with van der Waals surface area (Å²) in [6.45, 7) is 3.16. The molecule has 0 saturated carbocycles. The molecule has 1 fully saturated rings. The average molecular weight is 451 g/mol. The number of carbonyl (C=O) groups is 2. The molecule has 2 amide bonds. The second-order valence-corrected chi connectivity index (χ2v) is 8.72. The number of aromatic nitrogens is 3. The van der Waals surface area contributed by atoms with E-state index in [0.717, 1.165) is 25.3 Å². The number of amides is 2. The third-order valence-corrected chi connectivity index (χ3v) is 6.23. The Bertz CT molecular complexity index is 1090. The van der Waals surface area contributed by atoms with Crippen LogP contribution in [0.25, 0.3) is 0 Å². The molecule has 1 aromatic heterocycles. The van der Waals surface area contributed by atoms with Gasteiger partial charge in [-0.2, -0.15) is 0 Å².